The molecule has 0 saturated heterocycles. The van der Waals surface area contributed by atoms with Gasteiger partial charge in [0, 0.05) is 28.2 Å². The van der Waals surface area contributed by atoms with Gasteiger partial charge in [-0.3, -0.25) is 9.59 Å². The third-order valence-electron chi connectivity index (χ3n) is 8.93. The summed E-state index contributed by atoms with van der Waals surface area (Å²) in [5.74, 6) is 1.16. The molecule has 3 aliphatic rings. The predicted molar refractivity (Wildman–Crippen MR) is 145 cm³/mol. The number of fused-ring (bicyclic) bond motifs is 4. The molecule has 0 heterocycles. The van der Waals surface area contributed by atoms with E-state index < -0.39 is 0 Å². The third-order valence-corrected chi connectivity index (χ3v) is 9.29. The van der Waals surface area contributed by atoms with Gasteiger partial charge in [0.2, 0.25) is 0 Å². The number of carbonyl (C=O) groups is 2. The molecule has 2 aromatic rings. The van der Waals surface area contributed by atoms with Crippen molar-refractivity contribution in [3.8, 4) is 0 Å². The van der Waals surface area contributed by atoms with E-state index in [2.05, 4.69) is 44.2 Å². The van der Waals surface area contributed by atoms with Crippen molar-refractivity contribution < 1.29 is 9.59 Å². The van der Waals surface area contributed by atoms with Crippen LogP contribution in [0.15, 0.2) is 48.5 Å². The average molecular weight is 493 g/mol. The molecule has 3 aliphatic carbocycles. The van der Waals surface area contributed by atoms with Crippen LogP contribution in [0.4, 0.5) is 0 Å². The number of hydrogen-bond donors (Lipinski definition) is 0. The van der Waals surface area contributed by atoms with Gasteiger partial charge in [-0.2, -0.15) is 0 Å². The molecule has 0 radical (unpaired) electrons. The van der Waals surface area contributed by atoms with Gasteiger partial charge in [0.15, 0.2) is 0 Å². The van der Waals surface area contributed by atoms with E-state index in [4.69, 9.17) is 11.6 Å². The minimum atomic E-state index is -0.0699. The SMILES string of the molecule is CC1(CCCc2ccccc2Cl)CCCCC1=O.CC12CCCc3ccccc3C(CCC1)C2=O. The molecule has 188 valence electrons. The molecule has 3 atom stereocenters. The van der Waals surface area contributed by atoms with E-state index in [0.717, 1.165) is 75.7 Å². The molecular weight excluding hydrogens is 452 g/mol. The van der Waals surface area contributed by atoms with Gasteiger partial charge >= 0.3 is 0 Å². The van der Waals surface area contributed by atoms with E-state index in [0.29, 0.717) is 11.6 Å². The first-order valence-corrected chi connectivity index (χ1v) is 14.1. The largest absolute Gasteiger partial charge is 0.299 e. The first-order valence-electron chi connectivity index (χ1n) is 13.7. The molecule has 3 unspecified atom stereocenters. The summed E-state index contributed by atoms with van der Waals surface area (Å²) >= 11 is 6.14. The van der Waals surface area contributed by atoms with Crippen LogP contribution in [0.1, 0.15) is 107 Å². The van der Waals surface area contributed by atoms with Crippen molar-refractivity contribution in [2.75, 3.05) is 0 Å². The summed E-state index contributed by atoms with van der Waals surface area (Å²) in [6.07, 6.45) is 13.9. The number of Topliss-reactive ketones (excluding diaryl/α,β-unsaturated/α-hetero) is 2. The Bertz CT molecular complexity index is 1040. The van der Waals surface area contributed by atoms with Crippen molar-refractivity contribution in [1.29, 1.82) is 0 Å². The third kappa shape index (κ3) is 6.08. The molecule has 2 fully saturated rings. The molecule has 2 aromatic carbocycles. The Morgan fingerprint density at radius 1 is 0.857 bits per heavy atom. The Kier molecular flexibility index (Phi) is 8.53. The smallest absolute Gasteiger partial charge is 0.146 e. The molecule has 35 heavy (non-hydrogen) atoms. The number of rotatable bonds is 4. The highest BCUT2D eigenvalue weighted by atomic mass is 35.5. The summed E-state index contributed by atoms with van der Waals surface area (Å²) in [6, 6.07) is 16.6. The molecule has 2 saturated carbocycles. The van der Waals surface area contributed by atoms with Crippen LogP contribution in [0.3, 0.4) is 0 Å². The molecule has 0 N–H and O–H groups in total. The Labute approximate surface area is 216 Å². The zero-order valence-electron chi connectivity index (χ0n) is 21.6. The van der Waals surface area contributed by atoms with Crippen molar-refractivity contribution >= 4 is 23.2 Å². The zero-order chi connectivity index (χ0) is 24.9. The number of carbonyl (C=O) groups excluding carboxylic acids is 2. The highest BCUT2D eigenvalue weighted by Gasteiger charge is 2.42. The van der Waals surface area contributed by atoms with E-state index in [9.17, 15) is 9.59 Å². The summed E-state index contributed by atoms with van der Waals surface area (Å²) in [5, 5.41) is 0.845. The standard InChI is InChI=1S/C16H21ClO.C16H20O/c1-16(11-5-4-10-15(16)18)12-6-8-13-7-2-3-9-14(13)17;1-16-10-4-7-12-6-2-3-8-13(12)14(15(16)17)9-5-11-16/h2-3,7,9H,4-6,8,10-12H2,1H3;2-3,6,8,14H,4-5,7,9-11H2,1H3. The molecular formula is C32H41ClO2. The van der Waals surface area contributed by atoms with Crippen molar-refractivity contribution in [3.05, 3.63) is 70.2 Å². The van der Waals surface area contributed by atoms with Gasteiger partial charge in [0.05, 0.1) is 0 Å². The van der Waals surface area contributed by atoms with E-state index in [1.54, 1.807) is 0 Å². The van der Waals surface area contributed by atoms with Crippen molar-refractivity contribution in [2.45, 2.75) is 103 Å². The second-order valence-corrected chi connectivity index (χ2v) is 12.0. The van der Waals surface area contributed by atoms with Crippen molar-refractivity contribution in [1.82, 2.24) is 0 Å². The maximum Gasteiger partial charge on any atom is 0.146 e. The van der Waals surface area contributed by atoms with Gasteiger partial charge in [-0.05, 0) is 87.0 Å². The Balaban J connectivity index is 0.000000165. The fourth-order valence-electron chi connectivity index (χ4n) is 6.56. The Morgan fingerprint density at radius 3 is 2.40 bits per heavy atom. The van der Waals surface area contributed by atoms with Crippen LogP contribution < -0.4 is 0 Å². The van der Waals surface area contributed by atoms with E-state index in [1.807, 2.05) is 18.2 Å². The Hall–Kier alpha value is -1.93. The normalized spacial score (nSPS) is 28.3. The quantitative estimate of drug-likeness (QED) is 0.427. The van der Waals surface area contributed by atoms with Crippen LogP contribution in [0.5, 0.6) is 0 Å². The highest BCUT2D eigenvalue weighted by molar-refractivity contribution is 6.31. The molecule has 2 bridgehead atoms. The Morgan fingerprint density at radius 2 is 1.60 bits per heavy atom. The first-order chi connectivity index (χ1) is 16.8. The van der Waals surface area contributed by atoms with Crippen LogP contribution >= 0.6 is 11.6 Å². The summed E-state index contributed by atoms with van der Waals surface area (Å²) in [6.45, 7) is 4.33. The maximum atomic E-state index is 12.7. The monoisotopic (exact) mass is 492 g/mol. The van der Waals surface area contributed by atoms with E-state index >= 15 is 0 Å². The molecule has 0 spiro atoms. The number of ketones is 2. The van der Waals surface area contributed by atoms with Crippen LogP contribution in [-0.4, -0.2) is 11.6 Å². The first kappa shape index (κ1) is 26.1. The predicted octanol–water partition coefficient (Wildman–Crippen LogP) is 8.68. The maximum absolute atomic E-state index is 12.7. The fraction of sp³-hybridized carbons (Fsp3) is 0.562. The van der Waals surface area contributed by atoms with E-state index in [-0.39, 0.29) is 16.7 Å². The number of benzene rings is 2. The van der Waals surface area contributed by atoms with Crippen molar-refractivity contribution in [2.24, 2.45) is 10.8 Å². The molecule has 0 aliphatic heterocycles. The molecule has 2 nitrogen and oxygen atoms in total. The number of hydrogen-bond acceptors (Lipinski definition) is 2. The second-order valence-electron chi connectivity index (χ2n) is 11.6. The fourth-order valence-corrected chi connectivity index (χ4v) is 6.79. The molecule has 0 amide bonds. The van der Waals surface area contributed by atoms with Crippen LogP contribution in [0.25, 0.3) is 0 Å². The van der Waals surface area contributed by atoms with Crippen molar-refractivity contribution in [3.63, 3.8) is 0 Å². The minimum Gasteiger partial charge on any atom is -0.299 e. The van der Waals surface area contributed by atoms with Gasteiger partial charge in [0.25, 0.3) is 0 Å². The zero-order valence-corrected chi connectivity index (χ0v) is 22.3. The molecule has 5 rings (SSSR count). The molecule has 0 aromatic heterocycles. The lowest BCUT2D eigenvalue weighted by atomic mass is 9.63. The lowest BCUT2D eigenvalue weighted by molar-refractivity contribution is -0.133. The number of aryl methyl sites for hydroxylation is 2. The van der Waals surface area contributed by atoms with Crippen LogP contribution in [-0.2, 0) is 22.4 Å². The van der Waals surface area contributed by atoms with Crippen LogP contribution in [0.2, 0.25) is 5.02 Å². The van der Waals surface area contributed by atoms with E-state index in [1.165, 1.54) is 29.5 Å². The topological polar surface area (TPSA) is 34.1 Å². The lowest BCUT2D eigenvalue weighted by Crippen LogP contribution is -2.38. The highest BCUT2D eigenvalue weighted by Crippen LogP contribution is 2.46. The van der Waals surface area contributed by atoms with Gasteiger partial charge in [0.1, 0.15) is 11.6 Å². The summed E-state index contributed by atoms with van der Waals surface area (Å²) in [4.78, 5) is 24.7. The summed E-state index contributed by atoms with van der Waals surface area (Å²) in [5.41, 5.74) is 3.83. The summed E-state index contributed by atoms with van der Waals surface area (Å²) < 4.78 is 0. The second kappa shape index (κ2) is 11.4. The molecule has 3 heteroatoms. The minimum absolute atomic E-state index is 0.0313. The van der Waals surface area contributed by atoms with Gasteiger partial charge in [-0.25, -0.2) is 0 Å². The average Bonchev–Trinajstić information content (AvgIpc) is 2.85. The van der Waals surface area contributed by atoms with Gasteiger partial charge in [-0.15, -0.1) is 0 Å². The lowest BCUT2D eigenvalue weighted by Gasteiger charge is -2.39. The summed E-state index contributed by atoms with van der Waals surface area (Å²) in [7, 11) is 0. The van der Waals surface area contributed by atoms with Crippen LogP contribution in [0, 0.1) is 10.8 Å². The van der Waals surface area contributed by atoms with Gasteiger partial charge in [-0.1, -0.05) is 80.8 Å². The van der Waals surface area contributed by atoms with Gasteiger partial charge < -0.3 is 0 Å². The number of halogens is 1.